The number of guanidine groups is 1. The minimum atomic E-state index is -0.0305. The molecule has 1 heterocycles. The number of aliphatic imine (C=N–C) groups is 1. The van der Waals surface area contributed by atoms with Gasteiger partial charge in [-0.1, -0.05) is 38.1 Å². The Morgan fingerprint density at radius 2 is 1.77 bits per heavy atom. The van der Waals surface area contributed by atoms with Crippen molar-refractivity contribution in [1.29, 1.82) is 0 Å². The third-order valence-electron chi connectivity index (χ3n) is 4.72. The van der Waals surface area contributed by atoms with E-state index in [0.29, 0.717) is 19.0 Å². The van der Waals surface area contributed by atoms with Crippen molar-refractivity contribution in [2.75, 3.05) is 34.2 Å². The van der Waals surface area contributed by atoms with Gasteiger partial charge in [-0.3, -0.25) is 4.79 Å². The van der Waals surface area contributed by atoms with E-state index in [1.807, 2.05) is 16.5 Å². The van der Waals surface area contributed by atoms with Crippen LogP contribution in [0.2, 0.25) is 0 Å². The molecule has 30 heavy (non-hydrogen) atoms. The predicted octanol–water partition coefficient (Wildman–Crippen LogP) is 2.19. The molecule has 166 valence electrons. The lowest BCUT2D eigenvalue weighted by Crippen LogP contribution is -2.41. The molecule has 0 unspecified atom stereocenters. The molecule has 9 heteroatoms. The summed E-state index contributed by atoms with van der Waals surface area (Å²) in [6, 6.07) is 8.59. The summed E-state index contributed by atoms with van der Waals surface area (Å²) < 4.78 is 2.03. The maximum atomic E-state index is 12.0. The Hall–Kier alpha value is -2.17. The second kappa shape index (κ2) is 13.2. The van der Waals surface area contributed by atoms with E-state index >= 15 is 0 Å². The third kappa shape index (κ3) is 7.92. The van der Waals surface area contributed by atoms with Gasteiger partial charge in [-0.05, 0) is 17.5 Å². The summed E-state index contributed by atoms with van der Waals surface area (Å²) in [5.74, 6) is 1.63. The molecule has 1 N–H and O–H groups in total. The van der Waals surface area contributed by atoms with E-state index in [-0.39, 0.29) is 36.4 Å². The summed E-state index contributed by atoms with van der Waals surface area (Å²) in [5.41, 5.74) is 2.52. The first kappa shape index (κ1) is 25.9. The van der Waals surface area contributed by atoms with Crippen molar-refractivity contribution in [3.05, 3.63) is 47.5 Å². The van der Waals surface area contributed by atoms with Gasteiger partial charge in [0.25, 0.3) is 0 Å². The number of likely N-dealkylation sites (N-methyl/N-ethyl adjacent to an activating group) is 1. The Morgan fingerprint density at radius 3 is 2.37 bits per heavy atom. The van der Waals surface area contributed by atoms with Crippen LogP contribution in [0.3, 0.4) is 0 Å². The Labute approximate surface area is 196 Å². The number of amides is 1. The van der Waals surface area contributed by atoms with E-state index in [9.17, 15) is 4.79 Å². The van der Waals surface area contributed by atoms with Crippen LogP contribution in [0, 0.1) is 0 Å². The molecule has 1 aromatic heterocycles. The molecular weight excluding hydrogens is 493 g/mol. The van der Waals surface area contributed by atoms with Crippen LogP contribution in [0.1, 0.15) is 30.8 Å². The lowest BCUT2D eigenvalue weighted by Gasteiger charge is -2.23. The van der Waals surface area contributed by atoms with E-state index in [0.717, 1.165) is 25.2 Å². The average Bonchev–Trinajstić information content (AvgIpc) is 3.18. The number of aromatic nitrogens is 3. The van der Waals surface area contributed by atoms with Crippen molar-refractivity contribution in [1.82, 2.24) is 29.9 Å². The minimum Gasteiger partial charge on any atom is -0.354 e. The lowest BCUT2D eigenvalue weighted by atomic mass is 10.1. The van der Waals surface area contributed by atoms with E-state index in [2.05, 4.69) is 58.6 Å². The van der Waals surface area contributed by atoms with Crippen molar-refractivity contribution < 1.29 is 4.79 Å². The maximum Gasteiger partial charge on any atom is 0.243 e. The van der Waals surface area contributed by atoms with Gasteiger partial charge >= 0.3 is 0 Å². The molecule has 0 spiro atoms. The lowest BCUT2D eigenvalue weighted by molar-refractivity contribution is -0.127. The SMILES string of the molecule is CCc1ccc(CN(C)C(=NCC(=O)N(C)C)NCCn2cnnc2CC)cc1.I. The second-order valence-electron chi connectivity index (χ2n) is 7.18. The molecular formula is C21H34IN7O. The van der Waals surface area contributed by atoms with Crippen molar-refractivity contribution in [3.8, 4) is 0 Å². The highest BCUT2D eigenvalue weighted by atomic mass is 127. The summed E-state index contributed by atoms with van der Waals surface area (Å²) in [7, 11) is 5.46. The Bertz CT molecular complexity index is 802. The van der Waals surface area contributed by atoms with Gasteiger partial charge in [0.15, 0.2) is 5.96 Å². The predicted molar refractivity (Wildman–Crippen MR) is 131 cm³/mol. The first-order valence-corrected chi connectivity index (χ1v) is 10.1. The number of carbonyl (C=O) groups excluding carboxylic acids is 1. The average molecular weight is 527 g/mol. The molecule has 2 rings (SSSR count). The molecule has 0 aliphatic rings. The molecule has 0 saturated heterocycles. The van der Waals surface area contributed by atoms with Gasteiger partial charge in [0, 0.05) is 47.2 Å². The molecule has 0 fully saturated rings. The van der Waals surface area contributed by atoms with Crippen molar-refractivity contribution >= 4 is 35.8 Å². The van der Waals surface area contributed by atoms with Crippen LogP contribution >= 0.6 is 24.0 Å². The fourth-order valence-corrected chi connectivity index (χ4v) is 2.85. The molecule has 1 aromatic carbocycles. The molecule has 0 saturated carbocycles. The van der Waals surface area contributed by atoms with Crippen LogP contribution in [0.15, 0.2) is 35.6 Å². The highest BCUT2D eigenvalue weighted by Gasteiger charge is 2.10. The van der Waals surface area contributed by atoms with Crippen molar-refractivity contribution in [2.24, 2.45) is 4.99 Å². The number of rotatable bonds is 9. The molecule has 0 atom stereocenters. The van der Waals surface area contributed by atoms with Gasteiger partial charge in [0.2, 0.25) is 5.91 Å². The topological polar surface area (TPSA) is 78.7 Å². The Balaban J connectivity index is 0.00000450. The first-order chi connectivity index (χ1) is 13.9. The monoisotopic (exact) mass is 527 g/mol. The minimum absolute atomic E-state index is 0. The van der Waals surface area contributed by atoms with Crippen LogP contribution in [0.25, 0.3) is 0 Å². The normalized spacial score (nSPS) is 11.0. The van der Waals surface area contributed by atoms with Gasteiger partial charge in [0.05, 0.1) is 0 Å². The smallest absolute Gasteiger partial charge is 0.243 e. The van der Waals surface area contributed by atoms with Crippen molar-refractivity contribution in [3.63, 3.8) is 0 Å². The molecule has 0 aliphatic carbocycles. The summed E-state index contributed by atoms with van der Waals surface area (Å²) >= 11 is 0. The number of halogens is 1. The van der Waals surface area contributed by atoms with Crippen molar-refractivity contribution in [2.45, 2.75) is 39.8 Å². The fourth-order valence-electron chi connectivity index (χ4n) is 2.85. The van der Waals surface area contributed by atoms with E-state index < -0.39 is 0 Å². The number of nitrogens with one attached hydrogen (secondary N) is 1. The van der Waals surface area contributed by atoms with E-state index in [4.69, 9.17) is 0 Å². The zero-order chi connectivity index (χ0) is 21.2. The summed E-state index contributed by atoms with van der Waals surface area (Å²) in [4.78, 5) is 20.1. The van der Waals surface area contributed by atoms with Gasteiger partial charge in [0.1, 0.15) is 18.7 Å². The first-order valence-electron chi connectivity index (χ1n) is 10.1. The second-order valence-corrected chi connectivity index (χ2v) is 7.18. The zero-order valence-electron chi connectivity index (χ0n) is 18.6. The van der Waals surface area contributed by atoms with Gasteiger partial charge < -0.3 is 19.7 Å². The highest BCUT2D eigenvalue weighted by molar-refractivity contribution is 14.0. The number of hydrogen-bond donors (Lipinski definition) is 1. The highest BCUT2D eigenvalue weighted by Crippen LogP contribution is 2.07. The summed E-state index contributed by atoms with van der Waals surface area (Å²) in [6.45, 7) is 6.43. The van der Waals surface area contributed by atoms with Crippen LogP contribution in [-0.2, 0) is 30.7 Å². The Kier molecular flexibility index (Phi) is 11.4. The maximum absolute atomic E-state index is 12.0. The van der Waals surface area contributed by atoms with Gasteiger partial charge in [-0.25, -0.2) is 4.99 Å². The number of nitrogens with zero attached hydrogens (tertiary/aromatic N) is 6. The third-order valence-corrected chi connectivity index (χ3v) is 4.72. The zero-order valence-corrected chi connectivity index (χ0v) is 21.0. The number of benzene rings is 1. The summed E-state index contributed by atoms with van der Waals surface area (Å²) in [5, 5.41) is 11.5. The largest absolute Gasteiger partial charge is 0.354 e. The van der Waals surface area contributed by atoms with Crippen LogP contribution < -0.4 is 5.32 Å². The van der Waals surface area contributed by atoms with E-state index in [1.54, 1.807) is 25.3 Å². The molecule has 0 aliphatic heterocycles. The number of aryl methyl sites for hydroxylation is 2. The van der Waals surface area contributed by atoms with Crippen LogP contribution in [0.5, 0.6) is 0 Å². The van der Waals surface area contributed by atoms with Crippen LogP contribution in [-0.4, -0.2) is 70.7 Å². The van der Waals surface area contributed by atoms with Gasteiger partial charge in [-0.15, -0.1) is 34.2 Å². The van der Waals surface area contributed by atoms with Crippen LogP contribution in [0.4, 0.5) is 0 Å². The quantitative estimate of drug-likeness (QED) is 0.308. The molecule has 8 nitrogen and oxygen atoms in total. The number of hydrogen-bond acceptors (Lipinski definition) is 4. The van der Waals surface area contributed by atoms with E-state index in [1.165, 1.54) is 11.1 Å². The Morgan fingerprint density at radius 1 is 1.10 bits per heavy atom. The molecule has 0 radical (unpaired) electrons. The summed E-state index contributed by atoms with van der Waals surface area (Å²) in [6.07, 6.45) is 3.61. The molecule has 0 bridgehead atoms. The number of carbonyl (C=O) groups is 1. The molecule has 2 aromatic rings. The molecule has 1 amide bonds. The fraction of sp³-hybridized carbons (Fsp3) is 0.524. The van der Waals surface area contributed by atoms with Gasteiger partial charge in [-0.2, -0.15) is 0 Å². The standard InChI is InChI=1S/C21H33N7O.HI/c1-6-17-8-10-18(11-9-17)15-27(5)21(23-14-20(29)26(3)4)22-12-13-28-16-24-25-19(28)7-2;/h8-11,16H,6-7,12-15H2,1-5H3,(H,22,23);1H.